The molecule has 2 N–H and O–H groups in total. The van der Waals surface area contributed by atoms with Crippen LogP contribution in [0, 0.1) is 5.92 Å². The smallest absolute Gasteiger partial charge is 0.393 e. The maximum Gasteiger partial charge on any atom is 0.419 e. The molecule has 1 aromatic heterocycles. The molecule has 1 atom stereocenters. The number of aromatic nitrogens is 2. The third kappa shape index (κ3) is 3.19. The zero-order valence-corrected chi connectivity index (χ0v) is 8.77. The van der Waals surface area contributed by atoms with Gasteiger partial charge in [-0.2, -0.15) is 18.3 Å². The van der Waals surface area contributed by atoms with Gasteiger partial charge in [-0.3, -0.25) is 4.68 Å². The second-order valence-corrected chi connectivity index (χ2v) is 3.72. The fraction of sp³-hybridized carbons (Fsp3) is 0.500. The highest BCUT2D eigenvalue weighted by molar-refractivity contribution is 7.80. The fourth-order valence-corrected chi connectivity index (χ4v) is 1.05. The Hall–Kier alpha value is -1.11. The van der Waals surface area contributed by atoms with E-state index in [-0.39, 0.29) is 17.5 Å². The van der Waals surface area contributed by atoms with Gasteiger partial charge in [0.25, 0.3) is 0 Å². The molecule has 0 spiro atoms. The van der Waals surface area contributed by atoms with Crippen molar-refractivity contribution < 1.29 is 13.2 Å². The Kier molecular flexibility index (Phi) is 3.33. The summed E-state index contributed by atoms with van der Waals surface area (Å²) in [7, 11) is 0. The van der Waals surface area contributed by atoms with Crippen molar-refractivity contribution >= 4 is 17.2 Å². The average Bonchev–Trinajstić information content (AvgIpc) is 2.51. The van der Waals surface area contributed by atoms with E-state index in [1.54, 1.807) is 6.92 Å². The van der Waals surface area contributed by atoms with Gasteiger partial charge in [0.05, 0.1) is 16.7 Å². The van der Waals surface area contributed by atoms with Gasteiger partial charge >= 0.3 is 6.18 Å². The minimum absolute atomic E-state index is 0.180. The number of hydrogen-bond acceptors (Lipinski definition) is 2. The Morgan fingerprint density at radius 1 is 1.67 bits per heavy atom. The van der Waals surface area contributed by atoms with Crippen molar-refractivity contribution in [3.05, 3.63) is 18.0 Å². The number of rotatable bonds is 3. The van der Waals surface area contributed by atoms with Gasteiger partial charge in [-0.05, 0) is 0 Å². The van der Waals surface area contributed by atoms with E-state index in [1.807, 2.05) is 0 Å². The number of nitrogens with zero attached hydrogens (tertiary/aromatic N) is 2. The van der Waals surface area contributed by atoms with Crippen LogP contribution in [0.1, 0.15) is 12.5 Å². The summed E-state index contributed by atoms with van der Waals surface area (Å²) in [6.07, 6.45) is -2.63. The van der Waals surface area contributed by atoms with Crippen molar-refractivity contribution in [1.29, 1.82) is 0 Å². The third-order valence-corrected chi connectivity index (χ3v) is 2.31. The van der Waals surface area contributed by atoms with Gasteiger partial charge in [-0.15, -0.1) is 0 Å². The molecule has 1 aromatic rings. The van der Waals surface area contributed by atoms with Gasteiger partial charge in [-0.1, -0.05) is 19.1 Å². The van der Waals surface area contributed by atoms with Gasteiger partial charge in [0, 0.05) is 18.7 Å². The van der Waals surface area contributed by atoms with Crippen LogP contribution in [0.4, 0.5) is 13.2 Å². The minimum Gasteiger partial charge on any atom is -0.393 e. The molecule has 0 aliphatic rings. The lowest BCUT2D eigenvalue weighted by Crippen LogP contribution is -2.23. The van der Waals surface area contributed by atoms with E-state index in [1.165, 1.54) is 4.68 Å². The summed E-state index contributed by atoms with van der Waals surface area (Å²) in [5.74, 6) is -0.180. The SMILES string of the molecule is CC(Cn1cc(C(F)(F)F)cn1)C(N)=S. The molecular formula is C8H10F3N3S. The normalized spacial score (nSPS) is 13.9. The maximum atomic E-state index is 12.2. The second-order valence-electron chi connectivity index (χ2n) is 3.25. The maximum absolute atomic E-state index is 12.2. The molecule has 0 saturated heterocycles. The minimum atomic E-state index is -4.36. The van der Waals surface area contributed by atoms with Crippen LogP contribution in [-0.2, 0) is 12.7 Å². The van der Waals surface area contributed by atoms with E-state index in [0.29, 0.717) is 0 Å². The molecule has 84 valence electrons. The van der Waals surface area contributed by atoms with E-state index in [2.05, 4.69) is 5.10 Å². The van der Waals surface area contributed by atoms with Crippen LogP contribution in [0.3, 0.4) is 0 Å². The molecule has 0 aliphatic heterocycles. The van der Waals surface area contributed by atoms with Gasteiger partial charge in [0.15, 0.2) is 0 Å². The van der Waals surface area contributed by atoms with Gasteiger partial charge in [0.1, 0.15) is 0 Å². The lowest BCUT2D eigenvalue weighted by Gasteiger charge is -2.08. The molecular weight excluding hydrogens is 227 g/mol. The van der Waals surface area contributed by atoms with Crippen molar-refractivity contribution in [2.45, 2.75) is 19.6 Å². The summed E-state index contributed by atoms with van der Waals surface area (Å²) in [5, 5.41) is 3.59. The summed E-state index contributed by atoms with van der Waals surface area (Å²) < 4.78 is 37.8. The summed E-state index contributed by atoms with van der Waals surface area (Å²) in [6.45, 7) is 1.99. The van der Waals surface area contributed by atoms with E-state index in [9.17, 15) is 13.2 Å². The predicted octanol–water partition coefficient (Wildman–Crippen LogP) is 1.82. The first-order valence-corrected chi connectivity index (χ1v) is 4.60. The largest absolute Gasteiger partial charge is 0.419 e. The quantitative estimate of drug-likeness (QED) is 0.815. The Balaban J connectivity index is 2.73. The van der Waals surface area contributed by atoms with Crippen molar-refractivity contribution in [2.24, 2.45) is 11.7 Å². The van der Waals surface area contributed by atoms with E-state index >= 15 is 0 Å². The molecule has 0 aromatic carbocycles. The second kappa shape index (κ2) is 4.18. The van der Waals surface area contributed by atoms with Crippen molar-refractivity contribution in [3.63, 3.8) is 0 Å². The Labute approximate surface area is 90.1 Å². The summed E-state index contributed by atoms with van der Waals surface area (Å²) >= 11 is 4.71. The molecule has 0 radical (unpaired) electrons. The number of halogens is 3. The van der Waals surface area contributed by atoms with Crippen molar-refractivity contribution in [3.8, 4) is 0 Å². The molecule has 0 amide bonds. The monoisotopic (exact) mass is 237 g/mol. The molecule has 1 rings (SSSR count). The lowest BCUT2D eigenvalue weighted by molar-refractivity contribution is -0.137. The zero-order valence-electron chi connectivity index (χ0n) is 7.95. The fourth-order valence-electron chi connectivity index (χ4n) is 0.980. The average molecular weight is 237 g/mol. The van der Waals surface area contributed by atoms with Crippen molar-refractivity contribution in [1.82, 2.24) is 9.78 Å². The molecule has 1 unspecified atom stereocenters. The predicted molar refractivity (Wildman–Crippen MR) is 53.2 cm³/mol. The van der Waals surface area contributed by atoms with Crippen molar-refractivity contribution in [2.75, 3.05) is 0 Å². The highest BCUT2D eigenvalue weighted by Crippen LogP contribution is 2.28. The Morgan fingerprint density at radius 3 is 2.67 bits per heavy atom. The summed E-state index contributed by atoms with van der Waals surface area (Å²) in [5.41, 5.74) is 4.58. The highest BCUT2D eigenvalue weighted by atomic mass is 32.1. The topological polar surface area (TPSA) is 43.8 Å². The highest BCUT2D eigenvalue weighted by Gasteiger charge is 2.32. The van der Waals surface area contributed by atoms with Crippen LogP contribution >= 0.6 is 12.2 Å². The van der Waals surface area contributed by atoms with Crippen LogP contribution in [0.5, 0.6) is 0 Å². The van der Waals surface area contributed by atoms with Gasteiger partial charge < -0.3 is 5.73 Å². The summed E-state index contributed by atoms with van der Waals surface area (Å²) in [6, 6.07) is 0. The molecule has 3 nitrogen and oxygen atoms in total. The molecule has 0 saturated carbocycles. The van der Waals surface area contributed by atoms with Crippen LogP contribution in [-0.4, -0.2) is 14.8 Å². The standard InChI is InChI=1S/C8H10F3N3S/c1-5(7(12)15)3-14-4-6(2-13-14)8(9,10)11/h2,4-5H,3H2,1H3,(H2,12,15). The van der Waals surface area contributed by atoms with E-state index in [4.69, 9.17) is 18.0 Å². The zero-order chi connectivity index (χ0) is 11.6. The van der Waals surface area contributed by atoms with E-state index < -0.39 is 11.7 Å². The number of nitrogens with two attached hydrogens (primary N) is 1. The first-order valence-electron chi connectivity index (χ1n) is 4.19. The number of alkyl halides is 3. The Bertz CT molecular complexity index is 358. The van der Waals surface area contributed by atoms with E-state index in [0.717, 1.165) is 12.4 Å². The number of thiocarbonyl (C=S) groups is 1. The Morgan fingerprint density at radius 2 is 2.27 bits per heavy atom. The molecule has 0 aliphatic carbocycles. The first kappa shape index (κ1) is 12.0. The summed E-state index contributed by atoms with van der Waals surface area (Å²) in [4.78, 5) is 0.263. The number of hydrogen-bond donors (Lipinski definition) is 1. The first-order chi connectivity index (χ1) is 6.80. The molecule has 7 heteroatoms. The van der Waals surface area contributed by atoms with Crippen LogP contribution in [0.15, 0.2) is 12.4 Å². The van der Waals surface area contributed by atoms with Crippen LogP contribution in [0.2, 0.25) is 0 Å². The van der Waals surface area contributed by atoms with Gasteiger partial charge in [0.2, 0.25) is 0 Å². The molecule has 15 heavy (non-hydrogen) atoms. The molecule has 0 fully saturated rings. The molecule has 1 heterocycles. The molecule has 0 bridgehead atoms. The van der Waals surface area contributed by atoms with Gasteiger partial charge in [-0.25, -0.2) is 0 Å². The van der Waals surface area contributed by atoms with Crippen LogP contribution < -0.4 is 5.73 Å². The van der Waals surface area contributed by atoms with Crippen LogP contribution in [0.25, 0.3) is 0 Å². The third-order valence-electron chi connectivity index (χ3n) is 1.91. The lowest BCUT2D eigenvalue weighted by atomic mass is 10.2.